The molecular weight excluding hydrogens is 408 g/mol. The number of amides is 3. The van der Waals surface area contributed by atoms with Gasteiger partial charge in [0.1, 0.15) is 17.6 Å². The lowest BCUT2D eigenvalue weighted by molar-refractivity contribution is 0.0672. The van der Waals surface area contributed by atoms with Crippen LogP contribution in [0.2, 0.25) is 0 Å². The monoisotopic (exact) mass is 430 g/mol. The normalized spacial score (nSPS) is 13.6. The van der Waals surface area contributed by atoms with Gasteiger partial charge in [-0.1, -0.05) is 18.2 Å². The third-order valence-corrected chi connectivity index (χ3v) is 5.36. The first-order valence-electron chi connectivity index (χ1n) is 9.97. The molecule has 0 spiro atoms. The SMILES string of the molecule is C=CCN1C(=O)c2ccc(C(=O)N[C@@H](c3cccc(OC)c3)c3nccn3C)cc2C1=O. The van der Waals surface area contributed by atoms with Crippen LogP contribution in [0.15, 0.2) is 67.5 Å². The highest BCUT2D eigenvalue weighted by Gasteiger charge is 2.35. The van der Waals surface area contributed by atoms with Crippen LogP contribution in [0.4, 0.5) is 0 Å². The maximum absolute atomic E-state index is 13.2. The Labute approximate surface area is 185 Å². The summed E-state index contributed by atoms with van der Waals surface area (Å²) in [6.07, 6.45) is 4.94. The number of hydrogen-bond donors (Lipinski definition) is 1. The molecule has 2 heterocycles. The molecule has 1 N–H and O–H groups in total. The number of ether oxygens (including phenoxy) is 1. The smallest absolute Gasteiger partial charge is 0.261 e. The summed E-state index contributed by atoms with van der Waals surface area (Å²) in [4.78, 5) is 43.7. The second-order valence-electron chi connectivity index (χ2n) is 7.35. The number of carbonyl (C=O) groups excluding carboxylic acids is 3. The van der Waals surface area contributed by atoms with Gasteiger partial charge < -0.3 is 14.6 Å². The van der Waals surface area contributed by atoms with Crippen molar-refractivity contribution >= 4 is 17.7 Å². The average Bonchev–Trinajstić information content (AvgIpc) is 3.34. The van der Waals surface area contributed by atoms with Gasteiger partial charge >= 0.3 is 0 Å². The summed E-state index contributed by atoms with van der Waals surface area (Å²) in [7, 11) is 3.42. The van der Waals surface area contributed by atoms with Crippen molar-refractivity contribution in [2.24, 2.45) is 7.05 Å². The molecule has 8 nitrogen and oxygen atoms in total. The maximum Gasteiger partial charge on any atom is 0.261 e. The number of carbonyl (C=O) groups is 3. The van der Waals surface area contributed by atoms with E-state index in [1.165, 1.54) is 24.3 Å². The van der Waals surface area contributed by atoms with Gasteiger partial charge in [0.2, 0.25) is 0 Å². The number of rotatable bonds is 7. The van der Waals surface area contributed by atoms with E-state index in [9.17, 15) is 14.4 Å². The van der Waals surface area contributed by atoms with E-state index in [0.717, 1.165) is 10.5 Å². The first-order valence-corrected chi connectivity index (χ1v) is 9.97. The molecule has 3 aromatic rings. The summed E-state index contributed by atoms with van der Waals surface area (Å²) < 4.78 is 7.15. The van der Waals surface area contributed by atoms with Crippen LogP contribution in [0.5, 0.6) is 5.75 Å². The van der Waals surface area contributed by atoms with Crippen molar-refractivity contribution in [3.05, 3.63) is 95.6 Å². The molecule has 0 saturated heterocycles. The lowest BCUT2D eigenvalue weighted by Crippen LogP contribution is -2.31. The molecule has 0 aliphatic carbocycles. The number of methoxy groups -OCH3 is 1. The van der Waals surface area contributed by atoms with E-state index >= 15 is 0 Å². The molecule has 1 aliphatic rings. The minimum atomic E-state index is -0.555. The first-order chi connectivity index (χ1) is 15.4. The van der Waals surface area contributed by atoms with Crippen LogP contribution < -0.4 is 10.1 Å². The van der Waals surface area contributed by atoms with Crippen molar-refractivity contribution in [1.29, 1.82) is 0 Å². The number of aromatic nitrogens is 2. The molecule has 0 saturated carbocycles. The predicted molar refractivity (Wildman–Crippen MR) is 118 cm³/mol. The molecule has 0 bridgehead atoms. The number of nitrogens with zero attached hydrogens (tertiary/aromatic N) is 3. The fourth-order valence-corrected chi connectivity index (χ4v) is 3.71. The Bertz CT molecular complexity index is 1230. The predicted octanol–water partition coefficient (Wildman–Crippen LogP) is 2.73. The Morgan fingerprint density at radius 3 is 2.66 bits per heavy atom. The Balaban J connectivity index is 1.67. The van der Waals surface area contributed by atoms with Crippen molar-refractivity contribution < 1.29 is 19.1 Å². The van der Waals surface area contributed by atoms with Crippen LogP contribution >= 0.6 is 0 Å². The summed E-state index contributed by atoms with van der Waals surface area (Å²) in [6, 6.07) is 11.3. The van der Waals surface area contributed by atoms with Crippen molar-refractivity contribution in [2.45, 2.75) is 6.04 Å². The van der Waals surface area contributed by atoms with Gasteiger partial charge in [-0.2, -0.15) is 0 Å². The van der Waals surface area contributed by atoms with Crippen LogP contribution in [-0.4, -0.2) is 45.8 Å². The number of hydrogen-bond acceptors (Lipinski definition) is 5. The summed E-state index contributed by atoms with van der Waals surface area (Å²) in [6.45, 7) is 3.70. The van der Waals surface area contributed by atoms with Crippen LogP contribution in [-0.2, 0) is 7.05 Å². The van der Waals surface area contributed by atoms with Crippen LogP contribution in [0.25, 0.3) is 0 Å². The highest BCUT2D eigenvalue weighted by atomic mass is 16.5. The van der Waals surface area contributed by atoms with E-state index in [0.29, 0.717) is 11.6 Å². The zero-order chi connectivity index (χ0) is 22.8. The topological polar surface area (TPSA) is 93.5 Å². The van der Waals surface area contributed by atoms with Gasteiger partial charge in [-0.25, -0.2) is 4.98 Å². The van der Waals surface area contributed by atoms with Crippen molar-refractivity contribution in [3.63, 3.8) is 0 Å². The van der Waals surface area contributed by atoms with E-state index in [1.54, 1.807) is 19.5 Å². The average molecular weight is 430 g/mol. The zero-order valence-electron chi connectivity index (χ0n) is 17.7. The van der Waals surface area contributed by atoms with E-state index in [-0.39, 0.29) is 29.1 Å². The van der Waals surface area contributed by atoms with E-state index in [2.05, 4.69) is 16.9 Å². The molecule has 32 heavy (non-hydrogen) atoms. The van der Waals surface area contributed by atoms with Gasteiger partial charge in [0.25, 0.3) is 17.7 Å². The molecule has 162 valence electrons. The van der Waals surface area contributed by atoms with Crippen LogP contribution in [0.1, 0.15) is 48.5 Å². The third-order valence-electron chi connectivity index (χ3n) is 5.36. The van der Waals surface area contributed by atoms with E-state index in [1.807, 2.05) is 35.9 Å². The highest BCUT2D eigenvalue weighted by molar-refractivity contribution is 6.22. The molecule has 2 aromatic carbocycles. The van der Waals surface area contributed by atoms with Crippen molar-refractivity contribution in [3.8, 4) is 5.75 Å². The van der Waals surface area contributed by atoms with Crippen LogP contribution in [0.3, 0.4) is 0 Å². The van der Waals surface area contributed by atoms with Crippen molar-refractivity contribution in [2.75, 3.05) is 13.7 Å². The Kier molecular flexibility index (Phi) is 5.59. The van der Waals surface area contributed by atoms with Gasteiger partial charge in [-0.3, -0.25) is 19.3 Å². The van der Waals surface area contributed by atoms with Crippen LogP contribution in [0, 0.1) is 0 Å². The third kappa shape index (κ3) is 3.66. The standard InChI is InChI=1S/C24H22N4O4/c1-4-11-28-23(30)18-9-8-16(14-19(18)24(28)31)22(29)26-20(21-25-10-12-27(21)2)15-6-5-7-17(13-15)32-3/h4-10,12-14,20H,1,11H2,2-3H3,(H,26,29)/t20-/m0/s1. The lowest BCUT2D eigenvalue weighted by Gasteiger charge is -2.20. The Morgan fingerprint density at radius 1 is 1.19 bits per heavy atom. The zero-order valence-corrected chi connectivity index (χ0v) is 17.7. The largest absolute Gasteiger partial charge is 0.497 e. The number of imide groups is 1. The minimum absolute atomic E-state index is 0.116. The number of nitrogens with one attached hydrogen (secondary N) is 1. The fraction of sp³-hybridized carbons (Fsp3) is 0.167. The molecular formula is C24H22N4O4. The van der Waals surface area contributed by atoms with Gasteiger partial charge in [0.15, 0.2) is 0 Å². The summed E-state index contributed by atoms with van der Waals surface area (Å²) in [5.74, 6) is 0.0641. The molecule has 1 aromatic heterocycles. The summed E-state index contributed by atoms with van der Waals surface area (Å²) in [5, 5.41) is 2.99. The quantitative estimate of drug-likeness (QED) is 0.460. The summed E-state index contributed by atoms with van der Waals surface area (Å²) in [5.41, 5.74) is 1.55. The lowest BCUT2D eigenvalue weighted by atomic mass is 10.0. The highest BCUT2D eigenvalue weighted by Crippen LogP contribution is 2.27. The number of benzene rings is 2. The molecule has 1 aliphatic heterocycles. The van der Waals surface area contributed by atoms with Gasteiger partial charge in [0, 0.05) is 31.5 Å². The minimum Gasteiger partial charge on any atom is -0.497 e. The number of aryl methyl sites for hydroxylation is 1. The van der Waals surface area contributed by atoms with Gasteiger partial charge in [-0.15, -0.1) is 6.58 Å². The molecule has 8 heteroatoms. The van der Waals surface area contributed by atoms with E-state index in [4.69, 9.17) is 4.74 Å². The number of fused-ring (bicyclic) bond motifs is 1. The molecule has 0 unspecified atom stereocenters. The first kappa shape index (κ1) is 21.0. The molecule has 0 radical (unpaired) electrons. The number of imidazole rings is 1. The second-order valence-corrected chi connectivity index (χ2v) is 7.35. The fourth-order valence-electron chi connectivity index (χ4n) is 3.71. The van der Waals surface area contributed by atoms with Gasteiger partial charge in [0.05, 0.1) is 18.2 Å². The van der Waals surface area contributed by atoms with Gasteiger partial charge in [-0.05, 0) is 35.9 Å². The second kappa shape index (κ2) is 8.50. The van der Waals surface area contributed by atoms with Crippen molar-refractivity contribution in [1.82, 2.24) is 19.8 Å². The molecule has 3 amide bonds. The van der Waals surface area contributed by atoms with E-state index < -0.39 is 17.9 Å². The maximum atomic E-state index is 13.2. The molecule has 1 atom stereocenters. The Morgan fingerprint density at radius 2 is 1.97 bits per heavy atom. The Hall–Kier alpha value is -4.20. The molecule has 4 rings (SSSR count). The molecule has 0 fully saturated rings. The summed E-state index contributed by atoms with van der Waals surface area (Å²) >= 11 is 0.